The Labute approximate surface area is 173 Å². The van der Waals surface area contributed by atoms with Gasteiger partial charge in [-0.15, -0.1) is 0 Å². The third kappa shape index (κ3) is 1.98. The Morgan fingerprint density at radius 3 is 2.37 bits per heavy atom. The van der Waals surface area contributed by atoms with Gasteiger partial charge in [-0.3, -0.25) is 4.79 Å². The minimum atomic E-state index is 0.127. The van der Waals surface area contributed by atoms with Crippen LogP contribution in [0.5, 0.6) is 0 Å². The van der Waals surface area contributed by atoms with Crippen molar-refractivity contribution in [3.63, 3.8) is 0 Å². The van der Waals surface area contributed by atoms with E-state index in [4.69, 9.17) is 4.98 Å². The van der Waals surface area contributed by atoms with Crippen LogP contribution in [0.2, 0.25) is 0 Å². The number of fused-ring (bicyclic) bond motifs is 10. The molecule has 2 aliphatic carbocycles. The zero-order valence-corrected chi connectivity index (χ0v) is 16.3. The molecule has 0 aliphatic heterocycles. The van der Waals surface area contributed by atoms with Crippen LogP contribution in [-0.2, 0) is 12.8 Å². The van der Waals surface area contributed by atoms with Crippen molar-refractivity contribution < 1.29 is 4.79 Å². The first-order valence-corrected chi connectivity index (χ1v) is 10.4. The number of nitrogens with zero attached hydrogens (tertiary/aromatic N) is 1. The van der Waals surface area contributed by atoms with Crippen LogP contribution in [0, 0.1) is 0 Å². The Balaban J connectivity index is 1.58. The maximum absolute atomic E-state index is 13.0. The van der Waals surface area contributed by atoms with Gasteiger partial charge in [0.15, 0.2) is 5.78 Å². The van der Waals surface area contributed by atoms with Crippen LogP contribution < -0.4 is 0 Å². The number of rotatable bonds is 0. The summed E-state index contributed by atoms with van der Waals surface area (Å²) in [7, 11) is 0. The van der Waals surface area contributed by atoms with E-state index in [1.807, 2.05) is 24.3 Å². The number of hydrogen-bond donors (Lipinski definition) is 0. The van der Waals surface area contributed by atoms with Gasteiger partial charge in [-0.1, -0.05) is 66.7 Å². The fraction of sp³-hybridized carbons (Fsp3) is 0.0714. The molecule has 0 atom stereocenters. The molecule has 1 heterocycles. The Hall–Kier alpha value is -3.78. The molecule has 0 fully saturated rings. The third-order valence-electron chi connectivity index (χ3n) is 6.68. The Morgan fingerprint density at radius 1 is 0.633 bits per heavy atom. The van der Waals surface area contributed by atoms with E-state index in [0.717, 1.165) is 51.9 Å². The molecular weight excluding hydrogens is 366 g/mol. The summed E-state index contributed by atoms with van der Waals surface area (Å²) in [5, 5.41) is 3.69. The number of carbonyl (C=O) groups excluding carboxylic acids is 1. The highest BCUT2D eigenvalue weighted by Gasteiger charge is 2.32. The molecule has 1 aromatic heterocycles. The average Bonchev–Trinajstić information content (AvgIpc) is 3.10. The highest BCUT2D eigenvalue weighted by Crippen LogP contribution is 2.47. The molecule has 30 heavy (non-hydrogen) atoms. The van der Waals surface area contributed by atoms with E-state index in [0.29, 0.717) is 0 Å². The van der Waals surface area contributed by atoms with E-state index >= 15 is 0 Å². The van der Waals surface area contributed by atoms with Gasteiger partial charge in [0.05, 0.1) is 11.2 Å². The SMILES string of the molecule is O=C1c2ccccc2-c2c1ccc1c2-c2nc3ccc4ccccc4c3cc2CC1. The smallest absolute Gasteiger partial charge is 0.194 e. The number of pyridine rings is 1. The minimum absolute atomic E-state index is 0.127. The van der Waals surface area contributed by atoms with E-state index in [1.54, 1.807) is 0 Å². The maximum Gasteiger partial charge on any atom is 0.194 e. The summed E-state index contributed by atoms with van der Waals surface area (Å²) >= 11 is 0. The number of aromatic nitrogens is 1. The van der Waals surface area contributed by atoms with E-state index in [1.165, 1.54) is 27.3 Å². The van der Waals surface area contributed by atoms with E-state index in [2.05, 4.69) is 54.6 Å². The summed E-state index contributed by atoms with van der Waals surface area (Å²) in [4.78, 5) is 18.2. The van der Waals surface area contributed by atoms with Crippen LogP contribution in [0.1, 0.15) is 27.0 Å². The number of hydrogen-bond acceptors (Lipinski definition) is 2. The van der Waals surface area contributed by atoms with Crippen LogP contribution >= 0.6 is 0 Å². The molecule has 0 spiro atoms. The quantitative estimate of drug-likeness (QED) is 0.286. The van der Waals surface area contributed by atoms with Gasteiger partial charge in [-0.25, -0.2) is 4.98 Å². The fourth-order valence-corrected chi connectivity index (χ4v) is 5.28. The summed E-state index contributed by atoms with van der Waals surface area (Å²) in [6.07, 6.45) is 1.95. The lowest BCUT2D eigenvalue weighted by Crippen LogP contribution is -2.08. The Kier molecular flexibility index (Phi) is 3.02. The third-order valence-corrected chi connectivity index (χ3v) is 6.68. The molecule has 140 valence electrons. The van der Waals surface area contributed by atoms with E-state index in [9.17, 15) is 4.79 Å². The molecule has 2 nitrogen and oxygen atoms in total. The molecule has 2 heteroatoms. The molecule has 0 saturated carbocycles. The summed E-state index contributed by atoms with van der Waals surface area (Å²) < 4.78 is 0. The second-order valence-corrected chi connectivity index (χ2v) is 8.25. The van der Waals surface area contributed by atoms with Gasteiger partial charge in [-0.2, -0.15) is 0 Å². The minimum Gasteiger partial charge on any atom is -0.289 e. The zero-order chi connectivity index (χ0) is 19.8. The zero-order valence-electron chi connectivity index (χ0n) is 16.3. The number of carbonyl (C=O) groups is 1. The van der Waals surface area contributed by atoms with Crippen LogP contribution in [0.15, 0.2) is 78.9 Å². The maximum atomic E-state index is 13.0. The van der Waals surface area contributed by atoms with Crippen molar-refractivity contribution >= 4 is 27.5 Å². The highest BCUT2D eigenvalue weighted by atomic mass is 16.1. The van der Waals surface area contributed by atoms with Gasteiger partial charge < -0.3 is 0 Å². The van der Waals surface area contributed by atoms with Crippen molar-refractivity contribution in [2.75, 3.05) is 0 Å². The first kappa shape index (κ1) is 16.1. The molecule has 0 unspecified atom stereocenters. The predicted octanol–water partition coefficient (Wildman–Crippen LogP) is 6.37. The van der Waals surface area contributed by atoms with Gasteiger partial charge >= 0.3 is 0 Å². The normalized spacial score (nSPS) is 13.8. The average molecular weight is 383 g/mol. The lowest BCUT2D eigenvalue weighted by molar-refractivity contribution is 0.104. The number of benzene rings is 4. The van der Waals surface area contributed by atoms with Crippen LogP contribution in [0.25, 0.3) is 44.1 Å². The molecule has 0 bridgehead atoms. The highest BCUT2D eigenvalue weighted by molar-refractivity contribution is 6.24. The van der Waals surface area contributed by atoms with Gasteiger partial charge in [0.25, 0.3) is 0 Å². The summed E-state index contributed by atoms with van der Waals surface area (Å²) in [5.74, 6) is 0.127. The molecule has 0 amide bonds. The van der Waals surface area contributed by atoms with Crippen molar-refractivity contribution in [3.05, 3.63) is 101 Å². The van der Waals surface area contributed by atoms with Gasteiger partial charge in [0, 0.05) is 27.6 Å². The van der Waals surface area contributed by atoms with Crippen molar-refractivity contribution in [3.8, 4) is 22.4 Å². The van der Waals surface area contributed by atoms with Crippen molar-refractivity contribution in [2.45, 2.75) is 12.8 Å². The summed E-state index contributed by atoms with van der Waals surface area (Å²) in [6, 6.07) is 27.2. The molecule has 2 aliphatic rings. The van der Waals surface area contributed by atoms with Crippen molar-refractivity contribution in [2.24, 2.45) is 0 Å². The second kappa shape index (κ2) is 5.64. The second-order valence-electron chi connectivity index (χ2n) is 8.25. The van der Waals surface area contributed by atoms with E-state index < -0.39 is 0 Å². The van der Waals surface area contributed by atoms with Crippen LogP contribution in [0.4, 0.5) is 0 Å². The molecule has 0 N–H and O–H groups in total. The van der Waals surface area contributed by atoms with Gasteiger partial charge in [0.2, 0.25) is 0 Å². The van der Waals surface area contributed by atoms with Gasteiger partial charge in [0.1, 0.15) is 0 Å². The largest absolute Gasteiger partial charge is 0.289 e. The standard InChI is InChI=1S/C28H17NO/c30-28-21-8-4-3-7-20(21)26-22(28)13-11-17-9-10-18-15-23-19-6-2-1-5-16(19)12-14-24(23)29-27(18)25(17)26/h1-8,11-15H,9-10H2. The summed E-state index contributed by atoms with van der Waals surface area (Å²) in [5.41, 5.74) is 9.50. The molecule has 5 aromatic rings. The molecule has 7 rings (SSSR count). The van der Waals surface area contributed by atoms with Crippen molar-refractivity contribution in [1.29, 1.82) is 0 Å². The van der Waals surface area contributed by atoms with Gasteiger partial charge in [-0.05, 0) is 52.4 Å². The summed E-state index contributed by atoms with van der Waals surface area (Å²) in [6.45, 7) is 0. The molecule has 0 saturated heterocycles. The number of aryl methyl sites for hydroxylation is 2. The first-order chi connectivity index (χ1) is 14.8. The van der Waals surface area contributed by atoms with Crippen LogP contribution in [0.3, 0.4) is 0 Å². The first-order valence-electron chi connectivity index (χ1n) is 10.4. The topological polar surface area (TPSA) is 30.0 Å². The molecule has 4 aromatic carbocycles. The monoisotopic (exact) mass is 383 g/mol. The van der Waals surface area contributed by atoms with Crippen LogP contribution in [-0.4, -0.2) is 10.8 Å². The predicted molar refractivity (Wildman–Crippen MR) is 121 cm³/mol. The fourth-order valence-electron chi connectivity index (χ4n) is 5.28. The van der Waals surface area contributed by atoms with Crippen molar-refractivity contribution in [1.82, 2.24) is 4.98 Å². The number of ketones is 1. The molecular formula is C28H17NO. The Morgan fingerprint density at radius 2 is 1.43 bits per heavy atom. The molecule has 0 radical (unpaired) electrons. The van der Waals surface area contributed by atoms with E-state index in [-0.39, 0.29) is 5.78 Å². The Bertz CT molecular complexity index is 1560. The lowest BCUT2D eigenvalue weighted by Gasteiger charge is -2.23. The lowest BCUT2D eigenvalue weighted by atomic mass is 9.83.